The minimum absolute atomic E-state index is 0.0810. The van der Waals surface area contributed by atoms with Crippen molar-refractivity contribution in [3.8, 4) is 0 Å². The van der Waals surface area contributed by atoms with E-state index in [0.717, 1.165) is 22.4 Å². The van der Waals surface area contributed by atoms with E-state index in [4.69, 9.17) is 4.74 Å². The number of methoxy groups -OCH3 is 1. The zero-order valence-electron chi connectivity index (χ0n) is 14.1. The summed E-state index contributed by atoms with van der Waals surface area (Å²) in [4.78, 5) is 33.6. The van der Waals surface area contributed by atoms with Crippen LogP contribution in [0.4, 0.5) is 0 Å². The third-order valence-corrected chi connectivity index (χ3v) is 5.60. The molecule has 1 saturated heterocycles. The van der Waals surface area contributed by atoms with Gasteiger partial charge in [0.15, 0.2) is 0 Å². The number of rotatable bonds is 4. The molecule has 1 aliphatic heterocycles. The second-order valence-electron chi connectivity index (χ2n) is 6.00. The molecule has 1 amide bonds. The Bertz CT molecular complexity index is 935. The zero-order valence-corrected chi connectivity index (χ0v) is 15.0. The summed E-state index contributed by atoms with van der Waals surface area (Å²) in [7, 11) is 1.36. The molecule has 26 heavy (non-hydrogen) atoms. The fraction of sp³-hybridized carbons (Fsp3) is 0.211. The zero-order chi connectivity index (χ0) is 18.1. The van der Waals surface area contributed by atoms with Crippen molar-refractivity contribution >= 4 is 34.7 Å². The molecule has 0 bridgehead atoms. The lowest BCUT2D eigenvalue weighted by Crippen LogP contribution is -2.28. The number of fused-ring (bicyclic) bond motifs is 1. The van der Waals surface area contributed by atoms with Gasteiger partial charge >= 0.3 is 5.97 Å². The molecule has 1 N–H and O–H groups in total. The number of hydrogen-bond donors (Lipinski definition) is 1. The summed E-state index contributed by atoms with van der Waals surface area (Å²) in [5.74, 6) is 0.908. The summed E-state index contributed by atoms with van der Waals surface area (Å²) < 4.78 is 4.73. The van der Waals surface area contributed by atoms with Gasteiger partial charge in [-0.05, 0) is 29.8 Å². The van der Waals surface area contributed by atoms with Crippen molar-refractivity contribution in [1.82, 2.24) is 14.9 Å². The van der Waals surface area contributed by atoms with Crippen molar-refractivity contribution in [2.45, 2.75) is 11.9 Å². The Morgan fingerprint density at radius 1 is 1.27 bits per heavy atom. The maximum Gasteiger partial charge on any atom is 0.337 e. The molecule has 1 aromatic heterocycles. The third-order valence-electron chi connectivity index (χ3n) is 4.34. The van der Waals surface area contributed by atoms with Crippen LogP contribution in [0, 0.1) is 0 Å². The van der Waals surface area contributed by atoms with Crippen LogP contribution < -0.4 is 0 Å². The number of aromatic nitrogens is 2. The maximum absolute atomic E-state index is 12.4. The number of H-pyrrole nitrogens is 1. The Labute approximate surface area is 154 Å². The van der Waals surface area contributed by atoms with Gasteiger partial charge in [-0.3, -0.25) is 4.79 Å². The molecule has 0 saturated carbocycles. The third kappa shape index (κ3) is 3.06. The molecule has 0 aliphatic carbocycles. The van der Waals surface area contributed by atoms with E-state index in [9.17, 15) is 9.59 Å². The van der Waals surface area contributed by atoms with Crippen molar-refractivity contribution in [3.63, 3.8) is 0 Å². The molecule has 2 aromatic carbocycles. The number of nitrogens with one attached hydrogen (secondary N) is 1. The summed E-state index contributed by atoms with van der Waals surface area (Å²) in [6.45, 7) is 0.421. The Hall–Kier alpha value is -2.80. The van der Waals surface area contributed by atoms with Crippen molar-refractivity contribution in [3.05, 3.63) is 65.5 Å². The molecule has 6 nitrogen and oxygen atoms in total. The summed E-state index contributed by atoms with van der Waals surface area (Å²) in [6.07, 6.45) is 0. The standard InChI is InChI=1S/C19H17N3O3S/c1-25-19(24)13-8-6-12(7-9-13)18-22(17(23)11-26-18)10-16-20-14-4-2-3-5-15(14)21-16/h2-9,18H,10-11H2,1H3,(H,20,21). The van der Waals surface area contributed by atoms with E-state index >= 15 is 0 Å². The average Bonchev–Trinajstić information content (AvgIpc) is 3.25. The van der Waals surface area contributed by atoms with Gasteiger partial charge < -0.3 is 14.6 Å². The van der Waals surface area contributed by atoms with Crippen LogP contribution in [0.25, 0.3) is 11.0 Å². The molecule has 3 aromatic rings. The van der Waals surface area contributed by atoms with Crippen LogP contribution in [0.15, 0.2) is 48.5 Å². The van der Waals surface area contributed by atoms with E-state index in [2.05, 4.69) is 9.97 Å². The first-order valence-corrected chi connectivity index (χ1v) is 9.23. The Morgan fingerprint density at radius 3 is 2.77 bits per heavy atom. The van der Waals surface area contributed by atoms with Gasteiger partial charge in [-0.25, -0.2) is 9.78 Å². The predicted molar refractivity (Wildman–Crippen MR) is 99.6 cm³/mol. The van der Waals surface area contributed by atoms with E-state index in [0.29, 0.717) is 17.9 Å². The van der Waals surface area contributed by atoms with Crippen LogP contribution >= 0.6 is 11.8 Å². The Balaban J connectivity index is 1.57. The molecule has 1 atom stereocenters. The topological polar surface area (TPSA) is 75.3 Å². The fourth-order valence-electron chi connectivity index (χ4n) is 3.04. The number of imidazole rings is 1. The molecule has 0 spiro atoms. The average molecular weight is 367 g/mol. The summed E-state index contributed by atoms with van der Waals surface area (Å²) >= 11 is 1.58. The van der Waals surface area contributed by atoms with Crippen molar-refractivity contribution < 1.29 is 14.3 Å². The molecule has 7 heteroatoms. The number of carbonyl (C=O) groups is 2. The Kier molecular flexibility index (Phi) is 4.38. The minimum atomic E-state index is -0.370. The van der Waals surface area contributed by atoms with Crippen LogP contribution in [-0.2, 0) is 16.1 Å². The Morgan fingerprint density at radius 2 is 2.04 bits per heavy atom. The van der Waals surface area contributed by atoms with Gasteiger partial charge in [0, 0.05) is 0 Å². The quantitative estimate of drug-likeness (QED) is 0.717. The molecule has 2 heterocycles. The molecule has 1 unspecified atom stereocenters. The van der Waals surface area contributed by atoms with Gasteiger partial charge in [0.1, 0.15) is 11.2 Å². The molecule has 0 radical (unpaired) electrons. The van der Waals surface area contributed by atoms with E-state index in [-0.39, 0.29) is 17.3 Å². The van der Waals surface area contributed by atoms with Gasteiger partial charge in [0.05, 0.1) is 36.0 Å². The smallest absolute Gasteiger partial charge is 0.337 e. The predicted octanol–water partition coefficient (Wildman–Crippen LogP) is 3.12. The molecular formula is C19H17N3O3S. The lowest BCUT2D eigenvalue weighted by Gasteiger charge is -2.23. The van der Waals surface area contributed by atoms with E-state index in [1.165, 1.54) is 7.11 Å². The number of aromatic amines is 1. The SMILES string of the molecule is COC(=O)c1ccc(C2SCC(=O)N2Cc2nc3ccccc3[nH]2)cc1. The highest BCUT2D eigenvalue weighted by atomic mass is 32.2. The number of hydrogen-bond acceptors (Lipinski definition) is 5. The molecular weight excluding hydrogens is 350 g/mol. The number of amides is 1. The van der Waals surface area contributed by atoms with Crippen molar-refractivity contribution in [1.29, 1.82) is 0 Å². The number of benzene rings is 2. The second kappa shape index (κ2) is 6.84. The van der Waals surface area contributed by atoms with Gasteiger partial charge in [-0.1, -0.05) is 24.3 Å². The van der Waals surface area contributed by atoms with Crippen LogP contribution in [0.3, 0.4) is 0 Å². The van der Waals surface area contributed by atoms with E-state index in [1.807, 2.05) is 41.3 Å². The van der Waals surface area contributed by atoms with Crippen LogP contribution in [0.5, 0.6) is 0 Å². The lowest BCUT2D eigenvalue weighted by atomic mass is 10.1. The molecule has 4 rings (SSSR count). The van der Waals surface area contributed by atoms with Gasteiger partial charge in [0.2, 0.25) is 5.91 Å². The number of thioether (sulfide) groups is 1. The highest BCUT2D eigenvalue weighted by Crippen LogP contribution is 2.39. The van der Waals surface area contributed by atoms with Crippen molar-refractivity contribution in [2.75, 3.05) is 12.9 Å². The first-order chi connectivity index (χ1) is 12.7. The normalized spacial score (nSPS) is 17.0. The van der Waals surface area contributed by atoms with Crippen LogP contribution in [-0.4, -0.2) is 39.6 Å². The fourth-order valence-corrected chi connectivity index (χ4v) is 4.23. The highest BCUT2D eigenvalue weighted by molar-refractivity contribution is 8.00. The number of carbonyl (C=O) groups excluding carboxylic acids is 2. The summed E-state index contributed by atoms with van der Waals surface area (Å²) in [5.41, 5.74) is 3.32. The highest BCUT2D eigenvalue weighted by Gasteiger charge is 2.33. The van der Waals surface area contributed by atoms with Crippen molar-refractivity contribution in [2.24, 2.45) is 0 Å². The number of esters is 1. The number of nitrogens with zero attached hydrogens (tertiary/aromatic N) is 2. The van der Waals surface area contributed by atoms with Gasteiger partial charge in [0.25, 0.3) is 0 Å². The maximum atomic E-state index is 12.4. The van der Waals surface area contributed by atoms with Gasteiger partial charge in [-0.2, -0.15) is 0 Å². The lowest BCUT2D eigenvalue weighted by molar-refractivity contribution is -0.128. The monoisotopic (exact) mass is 367 g/mol. The first kappa shape index (κ1) is 16.7. The molecule has 1 fully saturated rings. The largest absolute Gasteiger partial charge is 0.465 e. The van der Waals surface area contributed by atoms with E-state index in [1.54, 1.807) is 23.9 Å². The van der Waals surface area contributed by atoms with Gasteiger partial charge in [-0.15, -0.1) is 11.8 Å². The van der Waals surface area contributed by atoms with Crippen LogP contribution in [0.1, 0.15) is 27.1 Å². The molecule has 1 aliphatic rings. The summed E-state index contributed by atoms with van der Waals surface area (Å²) in [5, 5.41) is -0.0950. The first-order valence-electron chi connectivity index (χ1n) is 8.18. The number of para-hydroxylation sites is 2. The molecule has 132 valence electrons. The second-order valence-corrected chi connectivity index (χ2v) is 7.07. The minimum Gasteiger partial charge on any atom is -0.465 e. The van der Waals surface area contributed by atoms with Crippen LogP contribution in [0.2, 0.25) is 0 Å². The van der Waals surface area contributed by atoms with E-state index < -0.39 is 0 Å². The number of ether oxygens (including phenoxy) is 1. The summed E-state index contributed by atoms with van der Waals surface area (Å²) in [6, 6.07) is 15.0.